The Hall–Kier alpha value is -0.620. The highest BCUT2D eigenvalue weighted by molar-refractivity contribution is 7.91. The number of sulfone groups is 1. The van der Waals surface area contributed by atoms with E-state index < -0.39 is 9.84 Å². The average Bonchev–Trinajstić information content (AvgIpc) is 2.68. The van der Waals surface area contributed by atoms with E-state index in [-0.39, 0.29) is 35.7 Å². The van der Waals surface area contributed by atoms with E-state index in [4.69, 9.17) is 0 Å². The summed E-state index contributed by atoms with van der Waals surface area (Å²) in [5, 5.41) is 3.27. The third-order valence-corrected chi connectivity index (χ3v) is 5.45. The van der Waals surface area contributed by atoms with Gasteiger partial charge in [0.2, 0.25) is 5.91 Å². The number of carbonyl (C=O) groups is 1. The Morgan fingerprint density at radius 2 is 2.11 bits per heavy atom. The van der Waals surface area contributed by atoms with E-state index in [0.717, 1.165) is 6.42 Å². The van der Waals surface area contributed by atoms with Gasteiger partial charge in [0.1, 0.15) is 0 Å². The van der Waals surface area contributed by atoms with Gasteiger partial charge in [0, 0.05) is 6.04 Å². The Kier molecular flexibility index (Phi) is 3.69. The number of rotatable bonds is 3. The molecule has 0 bridgehead atoms. The number of amides is 1. The van der Waals surface area contributed by atoms with Crippen LogP contribution in [0.3, 0.4) is 0 Å². The monoisotopic (exact) mass is 274 g/mol. The summed E-state index contributed by atoms with van der Waals surface area (Å²) in [5.74, 6) is 0.857. The molecule has 3 atom stereocenters. The number of nitrogens with zero attached hydrogens (tertiary/aromatic N) is 1. The van der Waals surface area contributed by atoms with Crippen LogP contribution in [0, 0.1) is 5.92 Å². The van der Waals surface area contributed by atoms with Gasteiger partial charge in [-0.05, 0) is 25.7 Å². The predicted octanol–water partition coefficient (Wildman–Crippen LogP) is 0.366. The Morgan fingerprint density at radius 1 is 1.44 bits per heavy atom. The van der Waals surface area contributed by atoms with Crippen molar-refractivity contribution in [3.8, 4) is 0 Å². The molecule has 0 radical (unpaired) electrons. The standard InChI is InChI=1S/C12H22N2O3S/c1-8(2)6-11-13-9(3)12(15)14(11)10-4-5-18(16,17)7-10/h8-11,13H,4-7H2,1-3H3. The van der Waals surface area contributed by atoms with Crippen LogP contribution in [0.5, 0.6) is 0 Å². The number of hydrogen-bond acceptors (Lipinski definition) is 4. The average molecular weight is 274 g/mol. The topological polar surface area (TPSA) is 66.5 Å². The van der Waals surface area contributed by atoms with Crippen molar-refractivity contribution in [2.45, 2.75) is 51.9 Å². The molecule has 2 heterocycles. The van der Waals surface area contributed by atoms with E-state index in [1.54, 1.807) is 4.90 Å². The molecular formula is C12H22N2O3S. The third kappa shape index (κ3) is 2.69. The maximum atomic E-state index is 12.2. The molecule has 0 aromatic carbocycles. The van der Waals surface area contributed by atoms with Crippen molar-refractivity contribution in [2.24, 2.45) is 5.92 Å². The fourth-order valence-corrected chi connectivity index (χ4v) is 4.59. The summed E-state index contributed by atoms with van der Waals surface area (Å²) in [7, 11) is -2.95. The quantitative estimate of drug-likeness (QED) is 0.807. The minimum absolute atomic E-state index is 0.00852. The highest BCUT2D eigenvalue weighted by Crippen LogP contribution is 2.26. The minimum Gasteiger partial charge on any atom is -0.322 e. The fourth-order valence-electron chi connectivity index (χ4n) is 2.87. The lowest BCUT2D eigenvalue weighted by atomic mass is 10.1. The van der Waals surface area contributed by atoms with Crippen LogP contribution in [0.2, 0.25) is 0 Å². The molecule has 0 aliphatic carbocycles. The SMILES string of the molecule is CC(C)CC1NC(C)C(=O)N1C1CCS(=O)(=O)C1. The summed E-state index contributed by atoms with van der Waals surface area (Å²) in [4.78, 5) is 14.0. The normalized spacial score (nSPS) is 35.7. The van der Waals surface area contributed by atoms with E-state index in [2.05, 4.69) is 19.2 Å². The first-order chi connectivity index (χ1) is 8.30. The number of carbonyl (C=O) groups excluding carboxylic acids is 1. The largest absolute Gasteiger partial charge is 0.322 e. The molecule has 2 rings (SSSR count). The van der Waals surface area contributed by atoms with Gasteiger partial charge in [-0.25, -0.2) is 8.42 Å². The smallest absolute Gasteiger partial charge is 0.241 e. The van der Waals surface area contributed by atoms with Crippen molar-refractivity contribution < 1.29 is 13.2 Å². The van der Waals surface area contributed by atoms with Crippen LogP contribution < -0.4 is 5.32 Å². The lowest BCUT2D eigenvalue weighted by Gasteiger charge is -2.30. The van der Waals surface area contributed by atoms with E-state index >= 15 is 0 Å². The maximum absolute atomic E-state index is 12.2. The molecule has 5 nitrogen and oxygen atoms in total. The second-order valence-corrected chi connectivity index (χ2v) is 8.06. The van der Waals surface area contributed by atoms with E-state index in [1.807, 2.05) is 6.92 Å². The van der Waals surface area contributed by atoms with Crippen LogP contribution in [-0.2, 0) is 14.6 Å². The van der Waals surface area contributed by atoms with Crippen LogP contribution in [0.4, 0.5) is 0 Å². The van der Waals surface area contributed by atoms with Gasteiger partial charge in [-0.2, -0.15) is 0 Å². The molecule has 0 aromatic heterocycles. The van der Waals surface area contributed by atoms with Gasteiger partial charge in [0.15, 0.2) is 9.84 Å². The Morgan fingerprint density at radius 3 is 2.61 bits per heavy atom. The molecule has 1 amide bonds. The molecule has 2 aliphatic heterocycles. The number of hydrogen-bond donors (Lipinski definition) is 1. The van der Waals surface area contributed by atoms with Gasteiger partial charge >= 0.3 is 0 Å². The summed E-state index contributed by atoms with van der Waals surface area (Å²) in [5.41, 5.74) is 0. The van der Waals surface area contributed by atoms with E-state index in [0.29, 0.717) is 12.3 Å². The first-order valence-corrected chi connectivity index (χ1v) is 8.41. The summed E-state index contributed by atoms with van der Waals surface area (Å²) < 4.78 is 23.1. The second-order valence-electron chi connectivity index (χ2n) is 5.84. The summed E-state index contributed by atoms with van der Waals surface area (Å²) in [6.07, 6.45) is 1.44. The first-order valence-electron chi connectivity index (χ1n) is 6.59. The van der Waals surface area contributed by atoms with E-state index in [9.17, 15) is 13.2 Å². The number of nitrogens with one attached hydrogen (secondary N) is 1. The van der Waals surface area contributed by atoms with Gasteiger partial charge in [0.05, 0.1) is 23.7 Å². The van der Waals surface area contributed by atoms with Crippen LogP contribution in [0.15, 0.2) is 0 Å². The molecule has 2 aliphatic rings. The Balaban J connectivity index is 2.15. The third-order valence-electron chi connectivity index (χ3n) is 3.70. The molecule has 18 heavy (non-hydrogen) atoms. The summed E-state index contributed by atoms with van der Waals surface area (Å²) in [6.45, 7) is 6.07. The molecule has 0 spiro atoms. The molecule has 2 fully saturated rings. The van der Waals surface area contributed by atoms with Gasteiger partial charge in [0.25, 0.3) is 0 Å². The van der Waals surface area contributed by atoms with Crippen molar-refractivity contribution in [2.75, 3.05) is 11.5 Å². The minimum atomic E-state index is -2.95. The van der Waals surface area contributed by atoms with Crippen molar-refractivity contribution >= 4 is 15.7 Å². The first kappa shape index (κ1) is 13.8. The van der Waals surface area contributed by atoms with Gasteiger partial charge < -0.3 is 4.90 Å². The molecule has 6 heteroatoms. The van der Waals surface area contributed by atoms with Crippen LogP contribution in [-0.4, -0.2) is 49.0 Å². The molecule has 1 N–H and O–H groups in total. The lowest BCUT2D eigenvalue weighted by molar-refractivity contribution is -0.131. The van der Waals surface area contributed by atoms with Crippen molar-refractivity contribution in [1.82, 2.24) is 10.2 Å². The molecule has 0 saturated carbocycles. The van der Waals surface area contributed by atoms with Crippen LogP contribution >= 0.6 is 0 Å². The van der Waals surface area contributed by atoms with Gasteiger partial charge in [-0.3, -0.25) is 10.1 Å². The van der Waals surface area contributed by atoms with Crippen molar-refractivity contribution in [1.29, 1.82) is 0 Å². The predicted molar refractivity (Wildman–Crippen MR) is 69.7 cm³/mol. The highest BCUT2D eigenvalue weighted by atomic mass is 32.2. The van der Waals surface area contributed by atoms with E-state index in [1.165, 1.54) is 0 Å². The van der Waals surface area contributed by atoms with Crippen LogP contribution in [0.25, 0.3) is 0 Å². The molecule has 104 valence electrons. The summed E-state index contributed by atoms with van der Waals surface area (Å²) >= 11 is 0. The molecule has 0 aromatic rings. The second kappa shape index (κ2) is 4.81. The van der Waals surface area contributed by atoms with Crippen molar-refractivity contribution in [3.05, 3.63) is 0 Å². The zero-order chi connectivity index (χ0) is 13.5. The Bertz CT molecular complexity index is 433. The van der Waals surface area contributed by atoms with Gasteiger partial charge in [-0.15, -0.1) is 0 Å². The molecular weight excluding hydrogens is 252 g/mol. The summed E-state index contributed by atoms with van der Waals surface area (Å²) in [6, 6.07) is -0.333. The molecule has 2 saturated heterocycles. The molecule has 3 unspecified atom stereocenters. The van der Waals surface area contributed by atoms with Crippen molar-refractivity contribution in [3.63, 3.8) is 0 Å². The maximum Gasteiger partial charge on any atom is 0.241 e. The fraction of sp³-hybridized carbons (Fsp3) is 0.917. The zero-order valence-electron chi connectivity index (χ0n) is 11.2. The zero-order valence-corrected chi connectivity index (χ0v) is 12.0. The Labute approximate surface area is 109 Å². The van der Waals surface area contributed by atoms with Gasteiger partial charge in [-0.1, -0.05) is 13.8 Å². The van der Waals surface area contributed by atoms with Crippen LogP contribution in [0.1, 0.15) is 33.6 Å². The lowest BCUT2D eigenvalue weighted by Crippen LogP contribution is -2.45. The highest BCUT2D eigenvalue weighted by Gasteiger charge is 2.44.